The van der Waals surface area contributed by atoms with Crippen LogP contribution in [0.5, 0.6) is 5.75 Å². The molecule has 0 aromatic heterocycles. The summed E-state index contributed by atoms with van der Waals surface area (Å²) in [7, 11) is 0. The summed E-state index contributed by atoms with van der Waals surface area (Å²) in [5, 5.41) is 11.8. The third kappa shape index (κ3) is 3.91. The van der Waals surface area contributed by atoms with Crippen molar-refractivity contribution < 1.29 is 9.66 Å². The Kier molecular flexibility index (Phi) is 6.07. The Morgan fingerprint density at radius 3 is 2.68 bits per heavy atom. The largest absolute Gasteiger partial charge is 0.492 e. The van der Waals surface area contributed by atoms with Gasteiger partial charge in [-0.15, -0.1) is 0 Å². The van der Waals surface area contributed by atoms with E-state index in [0.717, 1.165) is 32.1 Å². The number of guanidine groups is 2. The van der Waals surface area contributed by atoms with Crippen LogP contribution in [0.4, 0.5) is 11.4 Å². The number of nitrogens with zero attached hydrogens (tertiary/aromatic N) is 4. The molecule has 1 saturated carbocycles. The van der Waals surface area contributed by atoms with Gasteiger partial charge >= 0.3 is 0 Å². The van der Waals surface area contributed by atoms with Crippen molar-refractivity contribution in [2.24, 2.45) is 21.5 Å². The Balaban J connectivity index is 2.11. The van der Waals surface area contributed by atoms with E-state index >= 15 is 0 Å². The quantitative estimate of drug-likeness (QED) is 0.384. The van der Waals surface area contributed by atoms with Crippen molar-refractivity contribution in [2.75, 3.05) is 11.5 Å². The van der Waals surface area contributed by atoms with E-state index in [1.165, 1.54) is 6.07 Å². The van der Waals surface area contributed by atoms with Gasteiger partial charge in [0.15, 0.2) is 0 Å². The molecular weight excluding hydrogens is 428 g/mol. The summed E-state index contributed by atoms with van der Waals surface area (Å²) >= 11 is 3.38. The van der Waals surface area contributed by atoms with E-state index < -0.39 is 10.6 Å². The lowest BCUT2D eigenvalue weighted by molar-refractivity contribution is -0.384. The molecule has 0 amide bonds. The summed E-state index contributed by atoms with van der Waals surface area (Å²) in [6.45, 7) is 2.59. The molecule has 4 N–H and O–H groups in total. The van der Waals surface area contributed by atoms with Gasteiger partial charge in [0.05, 0.1) is 16.0 Å². The first-order valence-electron chi connectivity index (χ1n) is 9.48. The summed E-state index contributed by atoms with van der Waals surface area (Å²) in [6, 6.07) is 3.09. The number of nitro groups is 1. The molecular formula is C18H25BrN6O3. The van der Waals surface area contributed by atoms with Crippen LogP contribution in [0, 0.1) is 10.1 Å². The van der Waals surface area contributed by atoms with Crippen LogP contribution in [0.3, 0.4) is 0 Å². The van der Waals surface area contributed by atoms with Gasteiger partial charge in [-0.1, -0.05) is 19.8 Å². The maximum Gasteiger partial charge on any atom is 0.294 e. The molecule has 1 heterocycles. The Labute approximate surface area is 172 Å². The highest BCUT2D eigenvalue weighted by Gasteiger charge is 2.45. The first-order valence-corrected chi connectivity index (χ1v) is 10.3. The summed E-state index contributed by atoms with van der Waals surface area (Å²) in [6.07, 6.45) is 6.22. The highest BCUT2D eigenvalue weighted by molar-refractivity contribution is 9.10. The first-order chi connectivity index (χ1) is 13.4. The lowest BCUT2D eigenvalue weighted by atomic mass is 9.87. The molecule has 0 unspecified atom stereocenters. The number of halogens is 1. The van der Waals surface area contributed by atoms with Gasteiger partial charge in [-0.25, -0.2) is 4.99 Å². The minimum Gasteiger partial charge on any atom is -0.492 e. The molecule has 0 bridgehead atoms. The van der Waals surface area contributed by atoms with Crippen LogP contribution >= 0.6 is 15.9 Å². The maximum absolute atomic E-state index is 11.8. The van der Waals surface area contributed by atoms with E-state index in [4.69, 9.17) is 16.2 Å². The Morgan fingerprint density at radius 2 is 2.04 bits per heavy atom. The number of nitrogens with two attached hydrogens (primary N) is 2. The molecule has 1 fully saturated rings. The number of benzene rings is 1. The van der Waals surface area contributed by atoms with Crippen LogP contribution in [-0.2, 0) is 0 Å². The van der Waals surface area contributed by atoms with E-state index in [0.29, 0.717) is 35.4 Å². The topological polar surface area (TPSA) is 132 Å². The predicted molar refractivity (Wildman–Crippen MR) is 113 cm³/mol. The van der Waals surface area contributed by atoms with E-state index in [-0.39, 0.29) is 17.6 Å². The lowest BCUT2D eigenvalue weighted by Crippen LogP contribution is -2.58. The van der Waals surface area contributed by atoms with Gasteiger partial charge in [-0.3, -0.25) is 15.0 Å². The zero-order valence-corrected chi connectivity index (χ0v) is 17.4. The van der Waals surface area contributed by atoms with Crippen LogP contribution < -0.4 is 21.1 Å². The third-order valence-electron chi connectivity index (χ3n) is 5.07. The van der Waals surface area contributed by atoms with Crippen LogP contribution in [0.15, 0.2) is 26.6 Å². The first kappa shape index (κ1) is 20.4. The van der Waals surface area contributed by atoms with Gasteiger partial charge in [-0.05, 0) is 48.0 Å². The Bertz CT molecular complexity index is 820. The van der Waals surface area contributed by atoms with Crippen molar-refractivity contribution in [3.63, 3.8) is 0 Å². The Hall–Kier alpha value is -2.36. The highest BCUT2D eigenvalue weighted by atomic mass is 79.9. The van der Waals surface area contributed by atoms with Gasteiger partial charge in [0, 0.05) is 12.1 Å². The molecule has 0 atom stereocenters. The van der Waals surface area contributed by atoms with Crippen LogP contribution in [0.2, 0.25) is 0 Å². The van der Waals surface area contributed by atoms with Crippen molar-refractivity contribution in [1.82, 2.24) is 0 Å². The molecule has 10 heteroatoms. The van der Waals surface area contributed by atoms with E-state index in [2.05, 4.69) is 32.8 Å². The van der Waals surface area contributed by atoms with E-state index in [9.17, 15) is 10.1 Å². The lowest BCUT2D eigenvalue weighted by Gasteiger charge is -2.45. The van der Waals surface area contributed by atoms with Crippen molar-refractivity contribution in [3.05, 3.63) is 26.7 Å². The van der Waals surface area contributed by atoms with Crippen molar-refractivity contribution >= 4 is 39.2 Å². The minimum atomic E-state index is -0.757. The highest BCUT2D eigenvalue weighted by Crippen LogP contribution is 2.45. The molecule has 152 valence electrons. The van der Waals surface area contributed by atoms with Crippen molar-refractivity contribution in [2.45, 2.75) is 57.5 Å². The van der Waals surface area contributed by atoms with Crippen LogP contribution in [-0.4, -0.2) is 29.1 Å². The van der Waals surface area contributed by atoms with Gasteiger partial charge in [-0.2, -0.15) is 4.99 Å². The van der Waals surface area contributed by atoms with Gasteiger partial charge in [0.1, 0.15) is 17.1 Å². The summed E-state index contributed by atoms with van der Waals surface area (Å²) in [5.41, 5.74) is 11.6. The van der Waals surface area contributed by atoms with Gasteiger partial charge < -0.3 is 16.2 Å². The summed E-state index contributed by atoms with van der Waals surface area (Å²) in [5.74, 6) is 0.740. The zero-order chi connectivity index (χ0) is 20.3. The smallest absolute Gasteiger partial charge is 0.294 e. The maximum atomic E-state index is 11.8. The fraction of sp³-hybridized carbons (Fsp3) is 0.556. The molecule has 1 aliphatic heterocycles. The van der Waals surface area contributed by atoms with Crippen LogP contribution in [0.1, 0.15) is 51.9 Å². The van der Waals surface area contributed by atoms with Gasteiger partial charge in [0.25, 0.3) is 5.69 Å². The molecule has 1 spiro atoms. The third-order valence-corrected chi connectivity index (χ3v) is 5.69. The molecule has 0 saturated heterocycles. The molecule has 1 aromatic rings. The van der Waals surface area contributed by atoms with E-state index in [1.807, 2.05) is 0 Å². The number of rotatable bonds is 6. The average molecular weight is 453 g/mol. The normalized spacial score (nSPS) is 18.6. The fourth-order valence-electron chi connectivity index (χ4n) is 3.76. The molecule has 0 radical (unpaired) electrons. The van der Waals surface area contributed by atoms with E-state index in [1.54, 1.807) is 11.0 Å². The number of aliphatic imine (C=N–C) groups is 2. The predicted octanol–water partition coefficient (Wildman–Crippen LogP) is 3.65. The molecule has 2 aliphatic rings. The number of anilines is 1. The number of nitro benzene ring substituents is 1. The van der Waals surface area contributed by atoms with Crippen molar-refractivity contribution in [3.8, 4) is 5.75 Å². The Morgan fingerprint density at radius 1 is 1.32 bits per heavy atom. The SMILES string of the molecule is CCCCOc1cc(N2C(N)=NC(N)=NC23CCCCC3)c([N+](=O)[O-])cc1Br. The number of hydrogen-bond donors (Lipinski definition) is 2. The molecule has 1 aliphatic carbocycles. The van der Waals surface area contributed by atoms with Gasteiger partial charge in [0.2, 0.25) is 11.9 Å². The number of hydrogen-bond acceptors (Lipinski definition) is 8. The standard InChI is InChI=1S/C18H25BrN6O3/c1-2-3-9-28-15-11-13(14(25(26)27)10-12(15)19)24-17(21)22-16(20)23-18(24)7-5-4-6-8-18/h10-11H,2-9H2,1H3,(H4,20,21,22,23). The molecule has 9 nitrogen and oxygen atoms in total. The zero-order valence-electron chi connectivity index (χ0n) is 15.9. The monoisotopic (exact) mass is 452 g/mol. The summed E-state index contributed by atoms with van der Waals surface area (Å²) in [4.78, 5) is 21.7. The second-order valence-corrected chi connectivity index (χ2v) is 7.90. The van der Waals surface area contributed by atoms with Crippen molar-refractivity contribution in [1.29, 1.82) is 0 Å². The average Bonchev–Trinajstić information content (AvgIpc) is 2.63. The second-order valence-electron chi connectivity index (χ2n) is 7.05. The minimum absolute atomic E-state index is 0.0894. The molecule has 28 heavy (non-hydrogen) atoms. The number of unbranched alkanes of at least 4 members (excludes halogenated alkanes) is 1. The molecule has 1 aromatic carbocycles. The second kappa shape index (κ2) is 8.34. The van der Waals surface area contributed by atoms with Crippen LogP contribution in [0.25, 0.3) is 0 Å². The summed E-state index contributed by atoms with van der Waals surface area (Å²) < 4.78 is 6.36. The molecule has 3 rings (SSSR count). The fourth-order valence-corrected chi connectivity index (χ4v) is 4.21. The number of ether oxygens (including phenoxy) is 1.